The number of benzene rings is 2. The van der Waals surface area contributed by atoms with Gasteiger partial charge in [-0.1, -0.05) is 57.9 Å². The van der Waals surface area contributed by atoms with E-state index < -0.39 is 0 Å². The van der Waals surface area contributed by atoms with E-state index in [2.05, 4.69) is 6.92 Å². The highest BCUT2D eigenvalue weighted by atomic mass is 19.1. The van der Waals surface area contributed by atoms with Crippen molar-refractivity contribution in [3.63, 3.8) is 0 Å². The molecule has 0 radical (unpaired) electrons. The standard InChI is InChI=1S/C29H39FO2/c1-3-4-5-6-7-8-20-9-10-22-16-24(13-11-21(22)15-20)27-18-23-12-14-25(29(31)32-2)17-26(23)19-28(27)30/h12,14,17-22,24H,3-11,13,15-16H2,1-2H3. The summed E-state index contributed by atoms with van der Waals surface area (Å²) >= 11 is 0. The van der Waals surface area contributed by atoms with Gasteiger partial charge in [0.1, 0.15) is 5.82 Å². The van der Waals surface area contributed by atoms with Crippen LogP contribution in [0.5, 0.6) is 0 Å². The molecule has 0 N–H and O–H groups in total. The molecule has 2 nitrogen and oxygen atoms in total. The Bertz CT molecular complexity index is 921. The van der Waals surface area contributed by atoms with E-state index in [1.807, 2.05) is 12.1 Å². The van der Waals surface area contributed by atoms with Crippen LogP contribution in [0.1, 0.15) is 106 Å². The molecule has 4 atom stereocenters. The zero-order valence-corrected chi connectivity index (χ0v) is 19.9. The van der Waals surface area contributed by atoms with Gasteiger partial charge in [0.25, 0.3) is 0 Å². The Kier molecular flexibility index (Phi) is 7.86. The maximum Gasteiger partial charge on any atom is 0.337 e. The number of rotatable bonds is 8. The first-order valence-electron chi connectivity index (χ1n) is 12.9. The van der Waals surface area contributed by atoms with E-state index >= 15 is 4.39 Å². The molecule has 2 aliphatic rings. The third kappa shape index (κ3) is 5.35. The normalized spacial score (nSPS) is 25.5. The predicted octanol–water partition coefficient (Wildman–Crippen LogP) is 8.43. The lowest BCUT2D eigenvalue weighted by Crippen LogP contribution is -2.30. The van der Waals surface area contributed by atoms with Gasteiger partial charge in [-0.15, -0.1) is 0 Å². The molecule has 4 rings (SSSR count). The van der Waals surface area contributed by atoms with Crippen molar-refractivity contribution in [3.8, 4) is 0 Å². The predicted molar refractivity (Wildman–Crippen MR) is 130 cm³/mol. The van der Waals surface area contributed by atoms with E-state index in [4.69, 9.17) is 4.74 Å². The highest BCUT2D eigenvalue weighted by Gasteiger charge is 2.36. The van der Waals surface area contributed by atoms with Crippen LogP contribution in [0.4, 0.5) is 4.39 Å². The Morgan fingerprint density at radius 1 is 0.938 bits per heavy atom. The minimum absolute atomic E-state index is 0.122. The summed E-state index contributed by atoms with van der Waals surface area (Å²) in [4.78, 5) is 11.8. The summed E-state index contributed by atoms with van der Waals surface area (Å²) in [6, 6.07) is 9.06. The maximum atomic E-state index is 15.1. The summed E-state index contributed by atoms with van der Waals surface area (Å²) in [6.45, 7) is 2.28. The molecule has 0 spiro atoms. The molecule has 2 fully saturated rings. The van der Waals surface area contributed by atoms with Gasteiger partial charge in [-0.25, -0.2) is 9.18 Å². The third-order valence-corrected chi connectivity index (χ3v) is 8.25. The molecule has 2 aromatic carbocycles. The van der Waals surface area contributed by atoms with Gasteiger partial charge < -0.3 is 4.74 Å². The van der Waals surface area contributed by atoms with Gasteiger partial charge in [-0.3, -0.25) is 0 Å². The summed E-state index contributed by atoms with van der Waals surface area (Å²) in [6.07, 6.45) is 15.9. The van der Waals surface area contributed by atoms with Crippen molar-refractivity contribution in [1.82, 2.24) is 0 Å². The monoisotopic (exact) mass is 438 g/mol. The van der Waals surface area contributed by atoms with Crippen LogP contribution in [0.3, 0.4) is 0 Å². The fraction of sp³-hybridized carbons (Fsp3) is 0.621. The lowest BCUT2D eigenvalue weighted by Gasteiger charge is -2.42. The van der Waals surface area contributed by atoms with Gasteiger partial charge in [0.2, 0.25) is 0 Å². The molecule has 0 bridgehead atoms. The Labute approximate surface area is 192 Å². The molecule has 2 aromatic rings. The molecule has 2 saturated carbocycles. The molecule has 4 unspecified atom stereocenters. The van der Waals surface area contributed by atoms with Crippen molar-refractivity contribution in [2.75, 3.05) is 7.11 Å². The number of carbonyl (C=O) groups excluding carboxylic acids is 1. The van der Waals surface area contributed by atoms with Crippen molar-refractivity contribution >= 4 is 16.7 Å². The van der Waals surface area contributed by atoms with Crippen molar-refractivity contribution in [2.45, 2.75) is 89.9 Å². The highest BCUT2D eigenvalue weighted by Crippen LogP contribution is 2.49. The van der Waals surface area contributed by atoms with Crippen LogP contribution in [0.15, 0.2) is 30.3 Å². The summed E-state index contributed by atoms with van der Waals surface area (Å²) in [7, 11) is 1.37. The number of unbranched alkanes of at least 4 members (excludes halogenated alkanes) is 4. The number of hydrogen-bond donors (Lipinski definition) is 0. The Morgan fingerprint density at radius 3 is 2.53 bits per heavy atom. The number of hydrogen-bond acceptors (Lipinski definition) is 2. The molecule has 0 aromatic heterocycles. The van der Waals surface area contributed by atoms with Crippen molar-refractivity contribution in [3.05, 3.63) is 47.3 Å². The van der Waals surface area contributed by atoms with Crippen LogP contribution in [0.25, 0.3) is 10.8 Å². The average Bonchev–Trinajstić information content (AvgIpc) is 2.82. The topological polar surface area (TPSA) is 26.3 Å². The van der Waals surface area contributed by atoms with Crippen molar-refractivity contribution in [2.24, 2.45) is 17.8 Å². The van der Waals surface area contributed by atoms with E-state index in [9.17, 15) is 4.79 Å². The first kappa shape index (κ1) is 23.3. The van der Waals surface area contributed by atoms with Gasteiger partial charge in [-0.2, -0.15) is 0 Å². The Hall–Kier alpha value is -1.90. The molecule has 2 aliphatic carbocycles. The largest absolute Gasteiger partial charge is 0.465 e. The van der Waals surface area contributed by atoms with Gasteiger partial charge in [0, 0.05) is 0 Å². The second-order valence-electron chi connectivity index (χ2n) is 10.3. The van der Waals surface area contributed by atoms with Gasteiger partial charge in [0.05, 0.1) is 12.7 Å². The van der Waals surface area contributed by atoms with Crippen LogP contribution in [-0.2, 0) is 4.74 Å². The van der Waals surface area contributed by atoms with Gasteiger partial charge >= 0.3 is 5.97 Å². The molecular formula is C29H39FO2. The van der Waals surface area contributed by atoms with E-state index in [1.165, 1.54) is 71.3 Å². The summed E-state index contributed by atoms with van der Waals surface area (Å²) in [5.41, 5.74) is 1.34. The number of esters is 1. The van der Waals surface area contributed by atoms with E-state index in [0.29, 0.717) is 11.5 Å². The number of carbonyl (C=O) groups is 1. The fourth-order valence-corrected chi connectivity index (χ4v) is 6.41. The lowest BCUT2D eigenvalue weighted by atomic mass is 9.63. The number of halogens is 1. The second kappa shape index (κ2) is 10.8. The molecule has 3 heteroatoms. The Balaban J connectivity index is 1.37. The van der Waals surface area contributed by atoms with Crippen LogP contribution >= 0.6 is 0 Å². The molecule has 0 aliphatic heterocycles. The first-order valence-corrected chi connectivity index (χ1v) is 12.9. The van der Waals surface area contributed by atoms with Crippen LogP contribution in [-0.4, -0.2) is 13.1 Å². The second-order valence-corrected chi connectivity index (χ2v) is 10.3. The fourth-order valence-electron chi connectivity index (χ4n) is 6.41. The van der Waals surface area contributed by atoms with Crippen molar-refractivity contribution < 1.29 is 13.9 Å². The summed E-state index contributed by atoms with van der Waals surface area (Å²) < 4.78 is 19.9. The zero-order chi connectivity index (χ0) is 22.5. The minimum atomic E-state index is -0.383. The molecule has 32 heavy (non-hydrogen) atoms. The molecule has 174 valence electrons. The van der Waals surface area contributed by atoms with E-state index in [-0.39, 0.29) is 11.8 Å². The number of fused-ring (bicyclic) bond motifs is 2. The quantitative estimate of drug-likeness (QED) is 0.305. The third-order valence-electron chi connectivity index (χ3n) is 8.25. The van der Waals surface area contributed by atoms with Crippen LogP contribution in [0, 0.1) is 23.6 Å². The molecule has 0 heterocycles. The molecular weight excluding hydrogens is 399 g/mol. The average molecular weight is 439 g/mol. The number of methoxy groups -OCH3 is 1. The summed E-state index contributed by atoms with van der Waals surface area (Å²) in [5, 5.41) is 1.77. The van der Waals surface area contributed by atoms with E-state index in [1.54, 1.807) is 18.2 Å². The van der Waals surface area contributed by atoms with Gasteiger partial charge in [0.15, 0.2) is 0 Å². The van der Waals surface area contributed by atoms with E-state index in [0.717, 1.165) is 46.9 Å². The highest BCUT2D eigenvalue weighted by molar-refractivity contribution is 5.95. The SMILES string of the molecule is CCCCCCCC1CCC2CC(c3cc4ccc(C(=O)OC)cc4cc3F)CCC2C1. The number of ether oxygens (including phenoxy) is 1. The van der Waals surface area contributed by atoms with Gasteiger partial charge in [-0.05, 0) is 96.4 Å². The summed E-state index contributed by atoms with van der Waals surface area (Å²) in [5.74, 6) is 2.37. The van der Waals surface area contributed by atoms with Crippen molar-refractivity contribution in [1.29, 1.82) is 0 Å². The zero-order valence-electron chi connectivity index (χ0n) is 19.9. The molecule has 0 amide bonds. The minimum Gasteiger partial charge on any atom is -0.465 e. The van der Waals surface area contributed by atoms with Crippen LogP contribution in [0.2, 0.25) is 0 Å². The molecule has 0 saturated heterocycles. The maximum absolute atomic E-state index is 15.1. The smallest absolute Gasteiger partial charge is 0.337 e. The lowest BCUT2D eigenvalue weighted by molar-refractivity contribution is 0.0601. The first-order chi connectivity index (χ1) is 15.6. The van der Waals surface area contributed by atoms with Crippen LogP contribution < -0.4 is 0 Å². The Morgan fingerprint density at radius 2 is 1.72 bits per heavy atom.